The average molecular weight is 295 g/mol. The van der Waals surface area contributed by atoms with Gasteiger partial charge >= 0.3 is 12.0 Å². The number of rotatable bonds is 3. The summed E-state index contributed by atoms with van der Waals surface area (Å²) in [6, 6.07) is 2.63. The van der Waals surface area contributed by atoms with E-state index >= 15 is 0 Å². The maximum absolute atomic E-state index is 12.2. The van der Waals surface area contributed by atoms with Crippen LogP contribution in [0, 0.1) is 6.92 Å². The molecule has 2 unspecified atom stereocenters. The van der Waals surface area contributed by atoms with Crippen LogP contribution in [0.15, 0.2) is 18.3 Å². The van der Waals surface area contributed by atoms with Crippen molar-refractivity contribution in [3.05, 3.63) is 29.6 Å². The molecule has 2 rings (SSSR count). The fraction of sp³-hybridized carbons (Fsp3) is 0.462. The lowest BCUT2D eigenvalue weighted by Crippen LogP contribution is -2.49. The molecule has 0 radical (unpaired) electrons. The molecule has 0 aliphatic carbocycles. The smallest absolute Gasteiger partial charge is 0.327 e. The van der Waals surface area contributed by atoms with Gasteiger partial charge in [0.2, 0.25) is 0 Å². The topological polar surface area (TPSA) is 82.5 Å². The second-order valence-electron chi connectivity index (χ2n) is 4.62. The SMILES string of the molecule is Cc1cccnc1CNC(=O)N1C(C)SCC1C(=O)O. The van der Waals surface area contributed by atoms with Gasteiger partial charge in [0.1, 0.15) is 6.04 Å². The number of carbonyl (C=O) groups excluding carboxylic acids is 1. The third-order valence-corrected chi connectivity index (χ3v) is 4.49. The Balaban J connectivity index is 2.01. The van der Waals surface area contributed by atoms with E-state index in [1.54, 1.807) is 6.20 Å². The minimum absolute atomic E-state index is 0.138. The molecule has 108 valence electrons. The summed E-state index contributed by atoms with van der Waals surface area (Å²) in [6.07, 6.45) is 1.67. The average Bonchev–Trinajstić information content (AvgIpc) is 2.79. The number of nitrogens with one attached hydrogen (secondary N) is 1. The van der Waals surface area contributed by atoms with E-state index in [4.69, 9.17) is 5.11 Å². The Labute approximate surface area is 121 Å². The predicted molar refractivity (Wildman–Crippen MR) is 76.4 cm³/mol. The summed E-state index contributed by atoms with van der Waals surface area (Å²) < 4.78 is 0. The first-order chi connectivity index (χ1) is 9.50. The highest BCUT2D eigenvalue weighted by Gasteiger charge is 2.39. The van der Waals surface area contributed by atoms with E-state index in [2.05, 4.69) is 10.3 Å². The van der Waals surface area contributed by atoms with Crippen LogP contribution >= 0.6 is 11.8 Å². The molecule has 2 N–H and O–H groups in total. The van der Waals surface area contributed by atoms with Gasteiger partial charge in [-0.3, -0.25) is 9.88 Å². The monoisotopic (exact) mass is 295 g/mol. The van der Waals surface area contributed by atoms with Crippen LogP contribution < -0.4 is 5.32 Å². The first kappa shape index (κ1) is 14.6. The molecule has 1 fully saturated rings. The number of carboxylic acid groups (broad SMARTS) is 1. The summed E-state index contributed by atoms with van der Waals surface area (Å²) in [7, 11) is 0. The van der Waals surface area contributed by atoms with E-state index in [1.165, 1.54) is 16.7 Å². The van der Waals surface area contributed by atoms with Gasteiger partial charge in [0, 0.05) is 11.9 Å². The van der Waals surface area contributed by atoms with Crippen LogP contribution in [-0.2, 0) is 11.3 Å². The Bertz CT molecular complexity index is 523. The van der Waals surface area contributed by atoms with Crippen LogP contribution in [0.4, 0.5) is 4.79 Å². The van der Waals surface area contributed by atoms with Crippen molar-refractivity contribution in [3.8, 4) is 0 Å². The number of aliphatic carboxylic acids is 1. The largest absolute Gasteiger partial charge is 0.480 e. The summed E-state index contributed by atoms with van der Waals surface area (Å²) in [4.78, 5) is 28.9. The van der Waals surface area contributed by atoms with Crippen molar-refractivity contribution in [1.29, 1.82) is 0 Å². The van der Waals surface area contributed by atoms with Crippen LogP contribution in [0.1, 0.15) is 18.2 Å². The molecular weight excluding hydrogens is 278 g/mol. The Morgan fingerprint density at radius 1 is 1.60 bits per heavy atom. The fourth-order valence-electron chi connectivity index (χ4n) is 2.10. The summed E-state index contributed by atoms with van der Waals surface area (Å²) in [5.41, 5.74) is 1.78. The standard InChI is InChI=1S/C13H17N3O3S/c1-8-4-3-5-14-10(8)6-15-13(19)16-9(2)20-7-11(16)12(17)18/h3-5,9,11H,6-7H2,1-2H3,(H,15,19)(H,17,18). The first-order valence-electron chi connectivity index (χ1n) is 6.31. The molecule has 1 aromatic heterocycles. The molecule has 0 spiro atoms. The highest BCUT2D eigenvalue weighted by atomic mass is 32.2. The third kappa shape index (κ3) is 3.04. The van der Waals surface area contributed by atoms with Crippen molar-refractivity contribution in [2.75, 3.05) is 5.75 Å². The molecule has 6 nitrogen and oxygen atoms in total. The molecule has 0 bridgehead atoms. The molecule has 1 aliphatic rings. The molecule has 1 saturated heterocycles. The van der Waals surface area contributed by atoms with Gasteiger partial charge in [0.15, 0.2) is 0 Å². The van der Waals surface area contributed by atoms with Gasteiger partial charge < -0.3 is 10.4 Å². The van der Waals surface area contributed by atoms with E-state index in [0.29, 0.717) is 12.3 Å². The summed E-state index contributed by atoms with van der Waals surface area (Å²) in [5, 5.41) is 11.7. The normalized spacial score (nSPS) is 21.8. The number of amides is 2. The van der Waals surface area contributed by atoms with E-state index in [0.717, 1.165) is 11.3 Å². The van der Waals surface area contributed by atoms with E-state index in [1.807, 2.05) is 26.0 Å². The molecule has 2 amide bonds. The molecule has 7 heteroatoms. The number of urea groups is 1. The van der Waals surface area contributed by atoms with Crippen molar-refractivity contribution in [2.24, 2.45) is 0 Å². The Morgan fingerprint density at radius 2 is 2.35 bits per heavy atom. The number of aromatic nitrogens is 1. The first-order valence-corrected chi connectivity index (χ1v) is 7.36. The zero-order valence-electron chi connectivity index (χ0n) is 11.4. The van der Waals surface area contributed by atoms with Crippen LogP contribution in [0.3, 0.4) is 0 Å². The molecule has 1 aromatic rings. The summed E-state index contributed by atoms with van der Waals surface area (Å²) >= 11 is 1.46. The second-order valence-corrected chi connectivity index (χ2v) is 5.97. The number of nitrogens with zero attached hydrogens (tertiary/aromatic N) is 2. The number of hydrogen-bond acceptors (Lipinski definition) is 4. The lowest BCUT2D eigenvalue weighted by atomic mass is 10.2. The number of carbonyl (C=O) groups is 2. The van der Waals surface area contributed by atoms with E-state index < -0.39 is 12.0 Å². The van der Waals surface area contributed by atoms with Crippen LogP contribution in [-0.4, -0.2) is 44.2 Å². The van der Waals surface area contributed by atoms with E-state index in [-0.39, 0.29) is 11.4 Å². The lowest BCUT2D eigenvalue weighted by Gasteiger charge is -2.25. The van der Waals surface area contributed by atoms with Crippen LogP contribution in [0.2, 0.25) is 0 Å². The molecule has 1 aliphatic heterocycles. The minimum Gasteiger partial charge on any atom is -0.480 e. The Hall–Kier alpha value is -1.76. The molecule has 2 atom stereocenters. The van der Waals surface area contributed by atoms with Crippen molar-refractivity contribution < 1.29 is 14.7 Å². The number of aryl methyl sites for hydroxylation is 1. The highest BCUT2D eigenvalue weighted by molar-refractivity contribution is 8.00. The van der Waals surface area contributed by atoms with Crippen molar-refractivity contribution in [2.45, 2.75) is 31.8 Å². The van der Waals surface area contributed by atoms with Crippen LogP contribution in [0.5, 0.6) is 0 Å². The zero-order valence-corrected chi connectivity index (χ0v) is 12.2. The molecule has 0 aromatic carbocycles. The summed E-state index contributed by atoms with van der Waals surface area (Å²) in [5.74, 6) is -0.544. The molecule has 20 heavy (non-hydrogen) atoms. The van der Waals surface area contributed by atoms with Gasteiger partial charge in [-0.25, -0.2) is 9.59 Å². The third-order valence-electron chi connectivity index (χ3n) is 3.27. The van der Waals surface area contributed by atoms with Gasteiger partial charge in [0.05, 0.1) is 17.6 Å². The van der Waals surface area contributed by atoms with Gasteiger partial charge in [-0.05, 0) is 25.5 Å². The number of carboxylic acids is 1. The zero-order chi connectivity index (χ0) is 14.7. The predicted octanol–water partition coefficient (Wildman–Crippen LogP) is 1.45. The summed E-state index contributed by atoms with van der Waals surface area (Å²) in [6.45, 7) is 4.05. The van der Waals surface area contributed by atoms with E-state index in [9.17, 15) is 9.59 Å². The van der Waals surface area contributed by atoms with Gasteiger partial charge in [-0.15, -0.1) is 11.8 Å². The van der Waals surface area contributed by atoms with Crippen molar-refractivity contribution >= 4 is 23.8 Å². The maximum atomic E-state index is 12.2. The van der Waals surface area contributed by atoms with Gasteiger partial charge in [0.25, 0.3) is 0 Å². The van der Waals surface area contributed by atoms with Crippen molar-refractivity contribution in [1.82, 2.24) is 15.2 Å². The minimum atomic E-state index is -0.967. The highest BCUT2D eigenvalue weighted by Crippen LogP contribution is 2.28. The number of hydrogen-bond donors (Lipinski definition) is 2. The number of pyridine rings is 1. The van der Waals surface area contributed by atoms with Crippen molar-refractivity contribution in [3.63, 3.8) is 0 Å². The molecular formula is C13H17N3O3S. The van der Waals surface area contributed by atoms with Crippen LogP contribution in [0.25, 0.3) is 0 Å². The van der Waals surface area contributed by atoms with Gasteiger partial charge in [-0.1, -0.05) is 6.07 Å². The Morgan fingerprint density at radius 3 is 3.00 bits per heavy atom. The molecule has 0 saturated carbocycles. The fourth-order valence-corrected chi connectivity index (χ4v) is 3.26. The lowest BCUT2D eigenvalue weighted by molar-refractivity contribution is -0.141. The number of thioether (sulfide) groups is 1. The second kappa shape index (κ2) is 6.13. The van der Waals surface area contributed by atoms with Gasteiger partial charge in [-0.2, -0.15) is 0 Å². The maximum Gasteiger partial charge on any atom is 0.327 e. The molecule has 2 heterocycles. The quantitative estimate of drug-likeness (QED) is 0.882. The Kier molecular flexibility index (Phi) is 4.49.